The van der Waals surface area contributed by atoms with E-state index in [2.05, 4.69) is 13.8 Å². The first-order valence-corrected chi connectivity index (χ1v) is 15.0. The monoisotopic (exact) mass is 474 g/mol. The fourth-order valence-corrected chi connectivity index (χ4v) is 6.29. The van der Waals surface area contributed by atoms with Gasteiger partial charge in [-0.2, -0.15) is 0 Å². The van der Waals surface area contributed by atoms with Gasteiger partial charge in [-0.15, -0.1) is 0 Å². The Morgan fingerprint density at radius 1 is 0.692 bits per heavy atom. The Morgan fingerprint density at radius 3 is 1.54 bits per heavy atom. The van der Waals surface area contributed by atoms with Crippen molar-refractivity contribution in [2.24, 2.45) is 0 Å². The van der Waals surface area contributed by atoms with E-state index in [0.717, 1.165) is 18.6 Å². The number of hydrogen-bond donors (Lipinski definition) is 1. The van der Waals surface area contributed by atoms with Crippen molar-refractivity contribution in [2.75, 3.05) is 12.4 Å². The van der Waals surface area contributed by atoms with Crippen molar-refractivity contribution in [3.8, 4) is 0 Å². The van der Waals surface area contributed by atoms with Gasteiger partial charge < -0.3 is 9.42 Å². The van der Waals surface area contributed by atoms with Crippen molar-refractivity contribution < 1.29 is 28.9 Å². The van der Waals surface area contributed by atoms with E-state index in [9.17, 15) is 4.89 Å². The molecule has 6 heteroatoms. The van der Waals surface area contributed by atoms with E-state index in [1.807, 2.05) is 0 Å². The number of hydrogen-bond acceptors (Lipinski definition) is 3. The zero-order valence-electron chi connectivity index (χ0n) is 17.6. The van der Waals surface area contributed by atoms with E-state index in [1.165, 1.54) is 101 Å². The smallest absolute Gasteiger partial charge is 0.244 e. The van der Waals surface area contributed by atoms with Crippen molar-refractivity contribution in [3.63, 3.8) is 0 Å². The van der Waals surface area contributed by atoms with Crippen LogP contribution in [-0.4, -0.2) is 17.3 Å². The predicted molar refractivity (Wildman–Crippen MR) is 120 cm³/mol. The van der Waals surface area contributed by atoms with Gasteiger partial charge in [0.05, 0.1) is 6.61 Å². The number of unbranched alkanes of at least 4 members (excludes halogenated alkanes) is 14. The largest absolute Gasteiger partial charge is 0.337 e. The molecule has 0 rings (SSSR count). The standard InChI is InChI=1S/C20H43O2PS2.Zn/c1-3-5-7-9-11-13-15-17-19-22-23(21,24)25-20-18-16-14-12-10-8-6-4-2;/h3-20H2,1-2H3,(H,21,24);. The van der Waals surface area contributed by atoms with Crippen LogP contribution in [0.3, 0.4) is 0 Å². The SMILES string of the molecule is CCCCCCCCCCOP(O)(=S)SCCCCCCCCCC.[Zn]. The van der Waals surface area contributed by atoms with Crippen LogP contribution in [0.25, 0.3) is 0 Å². The minimum Gasteiger partial charge on any atom is -0.337 e. The average molecular weight is 476 g/mol. The zero-order chi connectivity index (χ0) is 18.6. The fourth-order valence-electron chi connectivity index (χ4n) is 2.87. The van der Waals surface area contributed by atoms with Gasteiger partial charge in [-0.05, 0) is 24.6 Å². The minimum absolute atomic E-state index is 0. The minimum atomic E-state index is -2.58. The van der Waals surface area contributed by atoms with Crippen LogP contribution >= 0.6 is 17.1 Å². The van der Waals surface area contributed by atoms with Gasteiger partial charge >= 0.3 is 0 Å². The molecule has 0 fully saturated rings. The van der Waals surface area contributed by atoms with Crippen molar-refractivity contribution in [3.05, 3.63) is 0 Å². The van der Waals surface area contributed by atoms with Gasteiger partial charge in [-0.25, -0.2) is 0 Å². The molecule has 0 aliphatic rings. The zero-order valence-corrected chi connectivity index (χ0v) is 23.0. The quantitative estimate of drug-likeness (QED) is 0.109. The molecule has 0 amide bonds. The van der Waals surface area contributed by atoms with Crippen LogP contribution in [0.15, 0.2) is 0 Å². The average Bonchev–Trinajstić information content (AvgIpc) is 2.59. The topological polar surface area (TPSA) is 29.5 Å². The molecule has 0 aromatic heterocycles. The third kappa shape index (κ3) is 23.6. The van der Waals surface area contributed by atoms with Crippen LogP contribution in [0.2, 0.25) is 0 Å². The van der Waals surface area contributed by atoms with Gasteiger partial charge in [0.25, 0.3) is 0 Å². The Balaban J connectivity index is 0. The molecule has 0 bridgehead atoms. The molecule has 0 aromatic rings. The van der Waals surface area contributed by atoms with E-state index in [0.29, 0.717) is 6.61 Å². The first kappa shape index (κ1) is 29.7. The normalized spacial score (nSPS) is 13.3. The van der Waals surface area contributed by atoms with Crippen molar-refractivity contribution in [2.45, 2.75) is 117 Å². The summed E-state index contributed by atoms with van der Waals surface area (Å²) in [6.45, 7) is 5.14. The molecule has 2 nitrogen and oxygen atoms in total. The van der Waals surface area contributed by atoms with E-state index in [4.69, 9.17) is 16.3 Å². The Morgan fingerprint density at radius 2 is 1.08 bits per heavy atom. The van der Waals surface area contributed by atoms with Crippen molar-refractivity contribution in [1.82, 2.24) is 0 Å². The van der Waals surface area contributed by atoms with Crippen LogP contribution in [-0.2, 0) is 35.8 Å². The summed E-state index contributed by atoms with van der Waals surface area (Å²) >= 11 is 6.74. The molecule has 0 aliphatic heterocycles. The Kier molecular flexibility index (Phi) is 26.1. The third-order valence-corrected chi connectivity index (χ3v) is 8.92. The maximum Gasteiger partial charge on any atom is 0.244 e. The molecule has 1 atom stereocenters. The summed E-state index contributed by atoms with van der Waals surface area (Å²) in [6.07, 6.45) is 20.8. The second kappa shape index (κ2) is 22.8. The van der Waals surface area contributed by atoms with Crippen LogP contribution in [0.4, 0.5) is 0 Å². The molecule has 0 aromatic carbocycles. The molecule has 1 N–H and O–H groups in total. The molecular formula is C20H43O2PS2Zn. The van der Waals surface area contributed by atoms with Crippen LogP contribution in [0.1, 0.15) is 117 Å². The molecule has 1 unspecified atom stereocenters. The molecular weight excluding hydrogens is 433 g/mol. The first-order chi connectivity index (χ1) is 12.1. The van der Waals surface area contributed by atoms with Gasteiger partial charge in [0, 0.05) is 25.2 Å². The van der Waals surface area contributed by atoms with E-state index in [-0.39, 0.29) is 19.5 Å². The summed E-state index contributed by atoms with van der Waals surface area (Å²) in [5.41, 5.74) is -2.58. The summed E-state index contributed by atoms with van der Waals surface area (Å²) in [6, 6.07) is 0. The fraction of sp³-hybridized carbons (Fsp3) is 1.00. The van der Waals surface area contributed by atoms with Gasteiger partial charge in [0.15, 0.2) is 0 Å². The third-order valence-electron chi connectivity index (χ3n) is 4.50. The second-order valence-electron chi connectivity index (χ2n) is 7.08. The molecule has 154 valence electrons. The second-order valence-corrected chi connectivity index (χ2v) is 13.4. The van der Waals surface area contributed by atoms with Crippen molar-refractivity contribution in [1.29, 1.82) is 0 Å². The van der Waals surface area contributed by atoms with Gasteiger partial charge in [-0.3, -0.25) is 0 Å². The maximum atomic E-state index is 10.2. The van der Waals surface area contributed by atoms with Crippen LogP contribution < -0.4 is 0 Å². The van der Waals surface area contributed by atoms with E-state index < -0.39 is 5.69 Å². The molecule has 0 radical (unpaired) electrons. The predicted octanol–water partition coefficient (Wildman–Crippen LogP) is 8.23. The molecule has 0 spiro atoms. The summed E-state index contributed by atoms with van der Waals surface area (Å²) in [5.74, 6) is 0.945. The number of rotatable bonds is 20. The summed E-state index contributed by atoms with van der Waals surface area (Å²) in [5, 5.41) is 0. The van der Waals surface area contributed by atoms with E-state index in [1.54, 1.807) is 0 Å². The Bertz CT molecular complexity index is 294. The van der Waals surface area contributed by atoms with Gasteiger partial charge in [0.1, 0.15) is 0 Å². The van der Waals surface area contributed by atoms with Gasteiger partial charge in [-0.1, -0.05) is 115 Å². The van der Waals surface area contributed by atoms with Crippen molar-refractivity contribution >= 4 is 28.9 Å². The molecule has 26 heavy (non-hydrogen) atoms. The summed E-state index contributed by atoms with van der Waals surface area (Å²) in [7, 11) is 0. The molecule has 0 saturated carbocycles. The molecule has 0 saturated heterocycles. The van der Waals surface area contributed by atoms with Crippen LogP contribution in [0, 0.1) is 0 Å². The first-order valence-electron chi connectivity index (χ1n) is 10.7. The van der Waals surface area contributed by atoms with Crippen LogP contribution in [0.5, 0.6) is 0 Å². The molecule has 0 aliphatic carbocycles. The maximum absolute atomic E-state index is 10.2. The molecule has 0 heterocycles. The Hall–Kier alpha value is 1.54. The Labute approximate surface area is 186 Å². The summed E-state index contributed by atoms with van der Waals surface area (Å²) in [4.78, 5) is 10.2. The van der Waals surface area contributed by atoms with Gasteiger partial charge in [0.2, 0.25) is 5.69 Å². The van der Waals surface area contributed by atoms with E-state index >= 15 is 0 Å². The summed E-state index contributed by atoms with van der Waals surface area (Å²) < 4.78 is 5.59.